The summed E-state index contributed by atoms with van der Waals surface area (Å²) in [6.45, 7) is 2.31. The van der Waals surface area contributed by atoms with Gasteiger partial charge in [0.25, 0.3) is 0 Å². The molecule has 27 heavy (non-hydrogen) atoms. The number of carboxylic acids is 1. The lowest BCUT2D eigenvalue weighted by Gasteiger charge is -2.23. The molecule has 0 heterocycles. The summed E-state index contributed by atoms with van der Waals surface area (Å²) in [5, 5.41) is 14.6. The fraction of sp³-hybridized carbons (Fsp3) is 0.300. The van der Waals surface area contributed by atoms with E-state index in [1.165, 1.54) is 0 Å². The Morgan fingerprint density at radius 1 is 1.07 bits per heavy atom. The van der Waals surface area contributed by atoms with E-state index in [2.05, 4.69) is 5.16 Å². The first-order valence-corrected chi connectivity index (χ1v) is 8.82. The van der Waals surface area contributed by atoms with Crippen LogP contribution in [0.15, 0.2) is 65.8 Å². The van der Waals surface area contributed by atoms with Crippen molar-refractivity contribution < 1.29 is 19.6 Å². The molecule has 2 aromatic carbocycles. The molecule has 3 N–H and O–H groups in total. The summed E-state index contributed by atoms with van der Waals surface area (Å²) in [6.07, 6.45) is 1.77. The summed E-state index contributed by atoms with van der Waals surface area (Å²) < 4.78 is 0. The van der Waals surface area contributed by atoms with E-state index in [1.54, 1.807) is 12.0 Å². The number of nitrogens with two attached hydrogens (primary N) is 1. The molecule has 0 aliphatic heterocycles. The van der Waals surface area contributed by atoms with Crippen molar-refractivity contribution in [1.82, 2.24) is 5.06 Å². The number of nitrogens with zero attached hydrogens (tertiary/aromatic N) is 2. The summed E-state index contributed by atoms with van der Waals surface area (Å²) in [5.74, 6) is 0.865. The summed E-state index contributed by atoms with van der Waals surface area (Å²) in [6, 6.07) is 17.8. The van der Waals surface area contributed by atoms with Gasteiger partial charge in [-0.25, -0.2) is 0 Å². The van der Waals surface area contributed by atoms with Crippen molar-refractivity contribution in [2.24, 2.45) is 10.9 Å². The molecule has 0 unspecified atom stereocenters. The molecule has 0 aromatic heterocycles. The van der Waals surface area contributed by atoms with Crippen LogP contribution in [-0.2, 0) is 4.79 Å². The molecule has 144 valence electrons. The maximum absolute atomic E-state index is 10.8. The number of rotatable bonds is 10. The standard InChI is InChI=1S/C20H25N3O4/c1-16(22-26-17-10-4-2-5-11-17)23(27-18-12-6-3-7-13-18)15-9-8-14-19(21)20(24)25/h2-7,10-13,19H,8-9,14-15,21H2,1H3,(H,24,25)/b22-16+/t19-/m0/s1. The second-order valence-electron chi connectivity index (χ2n) is 5.99. The summed E-state index contributed by atoms with van der Waals surface area (Å²) >= 11 is 0. The molecule has 0 aliphatic carbocycles. The highest BCUT2D eigenvalue weighted by molar-refractivity contribution is 5.78. The van der Waals surface area contributed by atoms with Gasteiger partial charge in [0.05, 0.1) is 6.54 Å². The maximum Gasteiger partial charge on any atom is 0.320 e. The lowest BCUT2D eigenvalue weighted by molar-refractivity contribution is -0.138. The van der Waals surface area contributed by atoms with Gasteiger partial charge < -0.3 is 20.5 Å². The van der Waals surface area contributed by atoms with E-state index in [0.717, 1.165) is 0 Å². The zero-order valence-electron chi connectivity index (χ0n) is 15.3. The topological polar surface area (TPSA) is 97.4 Å². The van der Waals surface area contributed by atoms with Crippen LogP contribution in [0.5, 0.6) is 11.5 Å². The zero-order valence-corrected chi connectivity index (χ0v) is 15.3. The third-order valence-corrected chi connectivity index (χ3v) is 3.79. The molecule has 1 atom stereocenters. The number of hydroxylamine groups is 2. The molecule has 0 saturated heterocycles. The van der Waals surface area contributed by atoms with Crippen LogP contribution >= 0.6 is 0 Å². The van der Waals surface area contributed by atoms with Crippen LogP contribution in [0.4, 0.5) is 0 Å². The Balaban J connectivity index is 1.96. The SMILES string of the molecule is C/C(=N\Oc1ccccc1)N(CCCC[C@H](N)C(=O)O)Oc1ccccc1. The number of para-hydroxylation sites is 2. The van der Waals surface area contributed by atoms with E-state index >= 15 is 0 Å². The molecule has 0 fully saturated rings. The molecule has 0 amide bonds. The molecule has 2 rings (SSSR count). The maximum atomic E-state index is 10.8. The second kappa shape index (κ2) is 10.8. The second-order valence-corrected chi connectivity index (χ2v) is 5.99. The molecular weight excluding hydrogens is 346 g/mol. The molecule has 0 radical (unpaired) electrons. The van der Waals surface area contributed by atoms with Gasteiger partial charge in [-0.15, -0.1) is 0 Å². The Kier molecular flexibility index (Phi) is 8.12. The van der Waals surface area contributed by atoms with Gasteiger partial charge in [0.15, 0.2) is 17.3 Å². The normalized spacial score (nSPS) is 12.3. The molecule has 2 aromatic rings. The number of aliphatic carboxylic acids is 1. The van der Waals surface area contributed by atoms with Gasteiger partial charge in [-0.05, 0) is 43.5 Å². The van der Waals surface area contributed by atoms with Crippen molar-refractivity contribution in [3.8, 4) is 11.5 Å². The Morgan fingerprint density at radius 3 is 2.26 bits per heavy atom. The van der Waals surface area contributed by atoms with Crippen molar-refractivity contribution in [2.45, 2.75) is 32.2 Å². The van der Waals surface area contributed by atoms with Crippen LogP contribution in [0.25, 0.3) is 0 Å². The highest BCUT2D eigenvalue weighted by Gasteiger charge is 2.13. The minimum absolute atomic E-state index is 0.408. The Bertz CT molecular complexity index is 723. The number of unbranched alkanes of at least 4 members (excludes halogenated alkanes) is 1. The number of hydrogen-bond acceptors (Lipinski definition) is 5. The highest BCUT2D eigenvalue weighted by Crippen LogP contribution is 2.14. The zero-order chi connectivity index (χ0) is 19.5. The van der Waals surface area contributed by atoms with Crippen molar-refractivity contribution in [2.75, 3.05) is 6.54 Å². The molecule has 0 bridgehead atoms. The monoisotopic (exact) mass is 371 g/mol. The minimum Gasteiger partial charge on any atom is -0.480 e. The van der Waals surface area contributed by atoms with E-state index in [0.29, 0.717) is 43.1 Å². The van der Waals surface area contributed by atoms with Crippen LogP contribution in [-0.4, -0.2) is 34.6 Å². The van der Waals surface area contributed by atoms with Crippen LogP contribution < -0.4 is 15.4 Å². The van der Waals surface area contributed by atoms with Gasteiger partial charge in [-0.2, -0.15) is 5.06 Å². The van der Waals surface area contributed by atoms with Crippen LogP contribution in [0.1, 0.15) is 26.2 Å². The van der Waals surface area contributed by atoms with Gasteiger partial charge in [-0.3, -0.25) is 4.79 Å². The van der Waals surface area contributed by atoms with E-state index in [9.17, 15) is 4.79 Å². The van der Waals surface area contributed by atoms with Gasteiger partial charge in [-0.1, -0.05) is 41.6 Å². The number of carbonyl (C=O) groups is 1. The Labute approximate surface area is 158 Å². The average Bonchev–Trinajstić information content (AvgIpc) is 2.69. The third kappa shape index (κ3) is 7.37. The van der Waals surface area contributed by atoms with E-state index in [-0.39, 0.29) is 0 Å². The lowest BCUT2D eigenvalue weighted by atomic mass is 10.1. The van der Waals surface area contributed by atoms with Crippen LogP contribution in [0.3, 0.4) is 0 Å². The highest BCUT2D eigenvalue weighted by atomic mass is 16.7. The number of carboxylic acid groups (broad SMARTS) is 1. The first-order valence-electron chi connectivity index (χ1n) is 8.82. The molecule has 0 aliphatic rings. The molecule has 0 spiro atoms. The first-order chi connectivity index (χ1) is 13.1. The lowest BCUT2D eigenvalue weighted by Crippen LogP contribution is -2.34. The molecule has 7 heteroatoms. The quantitative estimate of drug-likeness (QED) is 0.288. The van der Waals surface area contributed by atoms with Gasteiger partial charge in [0.1, 0.15) is 6.04 Å². The number of benzene rings is 2. The van der Waals surface area contributed by atoms with Gasteiger partial charge in [0, 0.05) is 6.92 Å². The van der Waals surface area contributed by atoms with Gasteiger partial charge >= 0.3 is 5.97 Å². The van der Waals surface area contributed by atoms with Crippen molar-refractivity contribution >= 4 is 11.8 Å². The molecule has 7 nitrogen and oxygen atoms in total. The van der Waals surface area contributed by atoms with E-state index in [1.807, 2.05) is 60.7 Å². The number of oxime groups is 1. The van der Waals surface area contributed by atoms with E-state index in [4.69, 9.17) is 20.5 Å². The van der Waals surface area contributed by atoms with Crippen LogP contribution in [0.2, 0.25) is 0 Å². The van der Waals surface area contributed by atoms with Gasteiger partial charge in [0.2, 0.25) is 0 Å². The minimum atomic E-state index is -0.985. The van der Waals surface area contributed by atoms with Crippen molar-refractivity contribution in [1.29, 1.82) is 0 Å². The van der Waals surface area contributed by atoms with Crippen molar-refractivity contribution in [3.63, 3.8) is 0 Å². The Morgan fingerprint density at radius 2 is 1.67 bits per heavy atom. The predicted octanol–water partition coefficient (Wildman–Crippen LogP) is 3.28. The Hall–Kier alpha value is -3.06. The smallest absolute Gasteiger partial charge is 0.320 e. The third-order valence-electron chi connectivity index (χ3n) is 3.79. The predicted molar refractivity (Wildman–Crippen MR) is 103 cm³/mol. The van der Waals surface area contributed by atoms with Crippen molar-refractivity contribution in [3.05, 3.63) is 60.7 Å². The summed E-state index contributed by atoms with van der Waals surface area (Å²) in [5.41, 5.74) is 5.54. The van der Waals surface area contributed by atoms with Crippen LogP contribution in [0, 0.1) is 0 Å². The van der Waals surface area contributed by atoms with E-state index < -0.39 is 12.0 Å². The molecule has 0 saturated carbocycles. The largest absolute Gasteiger partial charge is 0.480 e. The fourth-order valence-electron chi connectivity index (χ4n) is 2.27. The average molecular weight is 371 g/mol. The number of amidine groups is 1. The first kappa shape index (κ1) is 20.3. The summed E-state index contributed by atoms with van der Waals surface area (Å²) in [4.78, 5) is 22.1. The number of hydrogen-bond donors (Lipinski definition) is 2. The fourth-order valence-corrected chi connectivity index (χ4v) is 2.27. The summed E-state index contributed by atoms with van der Waals surface area (Å²) in [7, 11) is 0. The molecular formula is C20H25N3O4.